The van der Waals surface area contributed by atoms with Crippen molar-refractivity contribution in [2.75, 3.05) is 13.7 Å². The number of nitrogens with zero attached hydrogens (tertiary/aromatic N) is 3. The highest BCUT2D eigenvalue weighted by Crippen LogP contribution is 2.16. The van der Waals surface area contributed by atoms with Gasteiger partial charge in [-0.2, -0.15) is 5.10 Å². The molecular weight excluding hydrogens is 350 g/mol. The largest absolute Gasteiger partial charge is 0.497 e. The van der Waals surface area contributed by atoms with Crippen LogP contribution in [-0.4, -0.2) is 47.8 Å². The molecule has 144 valence electrons. The number of benzene rings is 1. The summed E-state index contributed by atoms with van der Waals surface area (Å²) in [6.07, 6.45) is 1.82. The van der Waals surface area contributed by atoms with Crippen LogP contribution in [0, 0.1) is 0 Å². The van der Waals surface area contributed by atoms with Crippen LogP contribution in [0.4, 0.5) is 5.82 Å². The van der Waals surface area contributed by atoms with Crippen molar-refractivity contribution >= 4 is 24.0 Å². The molecule has 0 fully saturated rings. The SMILES string of the molecule is CCOC(=O)C(C=Nc1ccnn1Cc1ccc(OC)cc1)OC(=O)CC. The summed E-state index contributed by atoms with van der Waals surface area (Å²) >= 11 is 0. The standard InChI is InChI=1S/C19H23N3O5/c1-4-18(23)27-16(19(24)26-5-2)12-20-17-10-11-21-22(17)13-14-6-8-15(25-3)9-7-14/h6-12,16H,4-5,13H2,1-3H3. The molecule has 1 aromatic heterocycles. The third kappa shape index (κ3) is 5.95. The van der Waals surface area contributed by atoms with Crippen molar-refractivity contribution < 1.29 is 23.8 Å². The van der Waals surface area contributed by atoms with Gasteiger partial charge in [0, 0.05) is 12.5 Å². The lowest BCUT2D eigenvalue weighted by molar-refractivity contribution is -0.162. The molecule has 27 heavy (non-hydrogen) atoms. The second-order valence-corrected chi connectivity index (χ2v) is 5.49. The zero-order valence-corrected chi connectivity index (χ0v) is 15.6. The molecule has 8 nitrogen and oxygen atoms in total. The van der Waals surface area contributed by atoms with Crippen molar-refractivity contribution in [1.82, 2.24) is 9.78 Å². The number of rotatable bonds is 9. The third-order valence-electron chi connectivity index (χ3n) is 3.59. The van der Waals surface area contributed by atoms with E-state index in [1.807, 2.05) is 24.3 Å². The first-order chi connectivity index (χ1) is 13.1. The number of hydrogen-bond donors (Lipinski definition) is 0. The minimum Gasteiger partial charge on any atom is -0.497 e. The Hall–Kier alpha value is -3.16. The molecule has 0 amide bonds. The monoisotopic (exact) mass is 373 g/mol. The molecule has 0 radical (unpaired) electrons. The number of ether oxygens (including phenoxy) is 3. The van der Waals surface area contributed by atoms with Crippen LogP contribution in [0.25, 0.3) is 0 Å². The van der Waals surface area contributed by atoms with Gasteiger partial charge in [0.25, 0.3) is 0 Å². The molecule has 1 atom stereocenters. The molecule has 0 bridgehead atoms. The molecule has 1 heterocycles. The maximum atomic E-state index is 12.0. The second-order valence-electron chi connectivity index (χ2n) is 5.49. The topological polar surface area (TPSA) is 92.0 Å². The Labute approximate surface area is 157 Å². The van der Waals surface area contributed by atoms with E-state index >= 15 is 0 Å². The zero-order valence-electron chi connectivity index (χ0n) is 15.6. The van der Waals surface area contributed by atoms with Gasteiger partial charge in [-0.1, -0.05) is 19.1 Å². The summed E-state index contributed by atoms with van der Waals surface area (Å²) in [6, 6.07) is 9.28. The van der Waals surface area contributed by atoms with Gasteiger partial charge < -0.3 is 14.2 Å². The highest BCUT2D eigenvalue weighted by molar-refractivity contribution is 5.95. The summed E-state index contributed by atoms with van der Waals surface area (Å²) in [4.78, 5) is 27.8. The molecule has 2 aromatic rings. The van der Waals surface area contributed by atoms with E-state index in [1.165, 1.54) is 6.21 Å². The van der Waals surface area contributed by atoms with Crippen LogP contribution in [-0.2, 0) is 25.6 Å². The van der Waals surface area contributed by atoms with Crippen LogP contribution < -0.4 is 4.74 Å². The molecule has 0 spiro atoms. The Morgan fingerprint density at radius 2 is 1.96 bits per heavy atom. The number of methoxy groups -OCH3 is 1. The van der Waals surface area contributed by atoms with E-state index in [0.29, 0.717) is 12.4 Å². The van der Waals surface area contributed by atoms with E-state index in [1.54, 1.807) is 37.9 Å². The van der Waals surface area contributed by atoms with E-state index < -0.39 is 18.0 Å². The minimum absolute atomic E-state index is 0.152. The summed E-state index contributed by atoms with van der Waals surface area (Å²) in [7, 11) is 1.61. The van der Waals surface area contributed by atoms with Gasteiger partial charge in [-0.3, -0.25) is 4.79 Å². The van der Waals surface area contributed by atoms with E-state index in [-0.39, 0.29) is 13.0 Å². The molecule has 8 heteroatoms. The van der Waals surface area contributed by atoms with Crippen LogP contribution in [0.3, 0.4) is 0 Å². The van der Waals surface area contributed by atoms with Gasteiger partial charge in [0.1, 0.15) is 11.6 Å². The highest BCUT2D eigenvalue weighted by atomic mass is 16.6. The maximum absolute atomic E-state index is 12.0. The van der Waals surface area contributed by atoms with Crippen molar-refractivity contribution in [2.45, 2.75) is 32.9 Å². The van der Waals surface area contributed by atoms with Crippen molar-refractivity contribution in [3.05, 3.63) is 42.1 Å². The molecule has 1 unspecified atom stereocenters. The van der Waals surface area contributed by atoms with Crippen LogP contribution in [0.2, 0.25) is 0 Å². The quantitative estimate of drug-likeness (QED) is 0.495. The maximum Gasteiger partial charge on any atom is 0.353 e. The van der Waals surface area contributed by atoms with Crippen molar-refractivity contribution in [3.8, 4) is 5.75 Å². The molecule has 0 N–H and O–H groups in total. The minimum atomic E-state index is -1.19. The lowest BCUT2D eigenvalue weighted by Crippen LogP contribution is -2.30. The van der Waals surface area contributed by atoms with Crippen LogP contribution in [0.1, 0.15) is 25.8 Å². The summed E-state index contributed by atoms with van der Waals surface area (Å²) < 4.78 is 16.8. The predicted octanol–water partition coefficient (Wildman–Crippen LogP) is 2.53. The zero-order chi connectivity index (χ0) is 19.6. The van der Waals surface area contributed by atoms with Gasteiger partial charge in [-0.15, -0.1) is 0 Å². The average Bonchev–Trinajstić information content (AvgIpc) is 3.12. The van der Waals surface area contributed by atoms with Crippen molar-refractivity contribution in [3.63, 3.8) is 0 Å². The Bertz CT molecular complexity index is 783. The normalized spacial score (nSPS) is 12.0. The number of aliphatic imine (C=N–C) groups is 1. The molecule has 1 aromatic carbocycles. The summed E-state index contributed by atoms with van der Waals surface area (Å²) in [5.74, 6) is 0.121. The summed E-state index contributed by atoms with van der Waals surface area (Å²) in [5.41, 5.74) is 1.01. The van der Waals surface area contributed by atoms with Crippen LogP contribution in [0.5, 0.6) is 5.75 Å². The molecule has 0 saturated heterocycles. The molecular formula is C19H23N3O5. The van der Waals surface area contributed by atoms with E-state index in [9.17, 15) is 9.59 Å². The van der Waals surface area contributed by atoms with Gasteiger partial charge in [0.15, 0.2) is 0 Å². The lowest BCUT2D eigenvalue weighted by Gasteiger charge is -2.12. The Morgan fingerprint density at radius 1 is 1.22 bits per heavy atom. The molecule has 0 saturated carbocycles. The first-order valence-electron chi connectivity index (χ1n) is 8.62. The van der Waals surface area contributed by atoms with Gasteiger partial charge in [0.2, 0.25) is 6.10 Å². The second kappa shape index (κ2) is 10.1. The van der Waals surface area contributed by atoms with Crippen molar-refractivity contribution in [2.24, 2.45) is 4.99 Å². The summed E-state index contributed by atoms with van der Waals surface area (Å²) in [5, 5.41) is 4.24. The Balaban J connectivity index is 2.13. The number of aromatic nitrogens is 2. The summed E-state index contributed by atoms with van der Waals surface area (Å²) in [6.45, 7) is 3.99. The van der Waals surface area contributed by atoms with E-state index in [2.05, 4.69) is 10.1 Å². The first kappa shape index (κ1) is 20.2. The van der Waals surface area contributed by atoms with Crippen molar-refractivity contribution in [1.29, 1.82) is 0 Å². The molecule has 0 aliphatic rings. The fourth-order valence-electron chi connectivity index (χ4n) is 2.19. The molecule has 0 aliphatic heterocycles. The first-order valence-corrected chi connectivity index (χ1v) is 8.62. The van der Waals surface area contributed by atoms with Gasteiger partial charge >= 0.3 is 11.9 Å². The van der Waals surface area contributed by atoms with Crippen LogP contribution >= 0.6 is 0 Å². The van der Waals surface area contributed by atoms with Crippen LogP contribution in [0.15, 0.2) is 41.5 Å². The third-order valence-corrected chi connectivity index (χ3v) is 3.59. The van der Waals surface area contributed by atoms with Gasteiger partial charge in [0.05, 0.1) is 32.7 Å². The molecule has 2 rings (SSSR count). The highest BCUT2D eigenvalue weighted by Gasteiger charge is 2.22. The average molecular weight is 373 g/mol. The Morgan fingerprint density at radius 3 is 2.59 bits per heavy atom. The van der Waals surface area contributed by atoms with E-state index in [0.717, 1.165) is 11.3 Å². The Kier molecular flexibility index (Phi) is 7.54. The number of esters is 2. The van der Waals surface area contributed by atoms with Gasteiger partial charge in [-0.25, -0.2) is 14.5 Å². The lowest BCUT2D eigenvalue weighted by atomic mass is 10.2. The fourth-order valence-corrected chi connectivity index (χ4v) is 2.19. The molecule has 0 aliphatic carbocycles. The predicted molar refractivity (Wildman–Crippen MR) is 99.3 cm³/mol. The fraction of sp³-hybridized carbons (Fsp3) is 0.368. The number of carbonyl (C=O) groups is 2. The number of hydrogen-bond acceptors (Lipinski definition) is 7. The van der Waals surface area contributed by atoms with E-state index in [4.69, 9.17) is 14.2 Å². The van der Waals surface area contributed by atoms with Gasteiger partial charge in [-0.05, 0) is 24.6 Å². The smallest absolute Gasteiger partial charge is 0.353 e. The number of carbonyl (C=O) groups excluding carboxylic acids is 2.